The molecule has 0 fully saturated rings. The van der Waals surface area contributed by atoms with Crippen LogP contribution >= 0.6 is 0 Å². The van der Waals surface area contributed by atoms with Crippen molar-refractivity contribution in [1.29, 1.82) is 10.5 Å². The van der Waals surface area contributed by atoms with Crippen molar-refractivity contribution in [3.05, 3.63) is 139 Å². The van der Waals surface area contributed by atoms with Gasteiger partial charge in [0.25, 0.3) is 0 Å². The van der Waals surface area contributed by atoms with Gasteiger partial charge >= 0.3 is 0 Å². The van der Waals surface area contributed by atoms with E-state index in [1.54, 1.807) is 12.1 Å². The van der Waals surface area contributed by atoms with Crippen LogP contribution in [0, 0.1) is 68.6 Å². The fourth-order valence-corrected chi connectivity index (χ4v) is 6.40. The Balaban J connectivity index is -0.000000869. The molecule has 0 amide bonds. The molecule has 4 aromatic rings. The lowest BCUT2D eigenvalue weighted by Crippen LogP contribution is -2.35. The number of nitrogens with zero attached hydrogens (tertiary/aromatic N) is 9. The highest BCUT2D eigenvalue weighted by molar-refractivity contribution is 5.65. The molecule has 9 N–H and O–H groups in total. The number of hydrogen-bond donors (Lipinski definition) is 3. The highest BCUT2D eigenvalue weighted by Gasteiger charge is 2.27. The summed E-state index contributed by atoms with van der Waals surface area (Å²) < 4.78 is 2.08. The van der Waals surface area contributed by atoms with Crippen LogP contribution in [0.25, 0.3) is 0 Å². The molecule has 25 nitrogen and oxygen atoms in total. The highest BCUT2D eigenvalue weighted by atomic mass is 16.9. The molecule has 4 aromatic carbocycles. The van der Waals surface area contributed by atoms with Crippen LogP contribution in [0.15, 0.2) is 48.5 Å². The van der Waals surface area contributed by atoms with E-state index in [4.69, 9.17) is 56.5 Å². The zero-order chi connectivity index (χ0) is 51.9. The van der Waals surface area contributed by atoms with E-state index in [2.05, 4.69) is 84.6 Å². The van der Waals surface area contributed by atoms with Crippen LogP contribution in [0.4, 0.5) is 22.7 Å². The van der Waals surface area contributed by atoms with Gasteiger partial charge in [0.2, 0.25) is 0 Å². The van der Waals surface area contributed by atoms with Gasteiger partial charge < -0.3 is 82.8 Å². The Bertz CT molecular complexity index is 2020. The maximum atomic E-state index is 14.3. The van der Waals surface area contributed by atoms with Crippen LogP contribution in [0.2, 0.25) is 0 Å². The molecule has 0 saturated carbocycles. The molecule has 1 aliphatic rings. The summed E-state index contributed by atoms with van der Waals surface area (Å²) in [4.78, 5) is 24.8. The summed E-state index contributed by atoms with van der Waals surface area (Å²) in [6, 6.07) is 19.5. The zero-order valence-corrected chi connectivity index (χ0v) is 41.4. The van der Waals surface area contributed by atoms with Crippen molar-refractivity contribution in [3.63, 3.8) is 0 Å². The molecule has 5 rings (SSSR count). The first kappa shape index (κ1) is 68.0. The van der Waals surface area contributed by atoms with Crippen molar-refractivity contribution in [2.45, 2.75) is 39.5 Å². The molecule has 8 bridgehead atoms. The van der Waals surface area contributed by atoms with Crippen molar-refractivity contribution in [2.75, 3.05) is 84.6 Å². The summed E-state index contributed by atoms with van der Waals surface area (Å²) in [5.41, 5.74) is 9.27. The Hall–Kier alpha value is -7.62. The lowest BCUT2D eigenvalue weighted by atomic mass is 9.89. The van der Waals surface area contributed by atoms with Crippen molar-refractivity contribution < 1.29 is 52.1 Å². The predicted octanol–water partition coefficient (Wildman–Crippen LogP) is 3.21. The van der Waals surface area contributed by atoms with Crippen LogP contribution < -0.4 is 23.0 Å². The third-order valence-corrected chi connectivity index (χ3v) is 9.61. The molecule has 25 heteroatoms. The van der Waals surface area contributed by atoms with Gasteiger partial charge in [-0.3, -0.25) is 17.9 Å². The number of phenolic OH excluding ortho intramolecular Hbond substituents is 3. The number of hydrogen-bond acceptors (Lipinski definition) is 15. The fourth-order valence-electron chi connectivity index (χ4n) is 6.40. The van der Waals surface area contributed by atoms with E-state index < -0.39 is 15.3 Å². The number of aromatic hydroxyl groups is 3. The first-order valence-electron chi connectivity index (χ1n) is 19.7. The van der Waals surface area contributed by atoms with Gasteiger partial charge in [-0.1, -0.05) is 0 Å². The molecule has 0 unspecified atom stereocenters. The van der Waals surface area contributed by atoms with E-state index in [1.807, 2.05) is 48.5 Å². The van der Waals surface area contributed by atoms with Gasteiger partial charge in [0.15, 0.2) is 0 Å². The van der Waals surface area contributed by atoms with Crippen LogP contribution in [-0.2, 0) is 25.7 Å². The summed E-state index contributed by atoms with van der Waals surface area (Å²) in [5, 5.41) is 109. The fraction of sp³-hybridized carbons (Fsp3) is 0.409. The molecule has 384 valence electrons. The van der Waals surface area contributed by atoms with Gasteiger partial charge in [0, 0.05) is 121 Å². The van der Waals surface area contributed by atoms with Crippen molar-refractivity contribution in [3.8, 4) is 35.1 Å². The van der Waals surface area contributed by atoms with E-state index in [1.165, 1.54) is 13.8 Å². The summed E-state index contributed by atoms with van der Waals surface area (Å²) in [7, 11) is 25.0. The first-order chi connectivity index (χ1) is 30.0. The highest BCUT2D eigenvalue weighted by Crippen LogP contribution is 2.42. The lowest BCUT2D eigenvalue weighted by Gasteiger charge is -2.30. The van der Waals surface area contributed by atoms with Crippen molar-refractivity contribution >= 4 is 22.7 Å². The Morgan fingerprint density at radius 3 is 0.652 bits per heavy atom. The Morgan fingerprint density at radius 2 is 0.522 bits per heavy atom. The van der Waals surface area contributed by atoms with Gasteiger partial charge in [-0.25, -0.2) is 0 Å². The van der Waals surface area contributed by atoms with Gasteiger partial charge in [0.05, 0.1) is 112 Å². The molecule has 0 aliphatic heterocycles. The molecular weight excluding hydrogens is 911 g/mol. The topological polar surface area (TPSA) is 424 Å². The molecule has 0 heterocycles. The summed E-state index contributed by atoms with van der Waals surface area (Å²) in [5.74, 6) is 0.362. The van der Waals surface area contributed by atoms with Gasteiger partial charge in [-0.05, 0) is 11.1 Å². The smallest absolute Gasteiger partial charge is 0.133 e. The molecular formula is C44H67N9O16. The second-order valence-electron chi connectivity index (χ2n) is 18.3. The first-order valence-corrected chi connectivity index (χ1v) is 19.7. The van der Waals surface area contributed by atoms with Crippen LogP contribution in [-0.4, -0.2) is 132 Å². The molecule has 0 aromatic heterocycles. The monoisotopic (exact) mass is 977 g/mol. The SMILES string of the molecule is CC#N.CC#N.C[N+](C)(C)c1cc2c([O-])c(c1)Cc1cc([N+](C)(C)C)cc(c1O)Cc1cc([N+](C)(C)C)cc(c1O)Cc1cc([N+](C)(C)C)cc(c1O)C2.O.O.O.O=[N+]([O-])[O-].O=[N+]([O-])[O-].O=[N+]([O-])[O-]. The van der Waals surface area contributed by atoms with E-state index in [-0.39, 0.29) is 52.3 Å². The summed E-state index contributed by atoms with van der Waals surface area (Å²) in [6.07, 6.45) is 1.09. The van der Waals surface area contributed by atoms with Gasteiger partial charge in [-0.15, -0.1) is 5.75 Å². The maximum absolute atomic E-state index is 14.3. The van der Waals surface area contributed by atoms with E-state index in [0.29, 0.717) is 75.3 Å². The molecule has 0 saturated heterocycles. The average Bonchev–Trinajstić information content (AvgIpc) is 3.12. The molecule has 0 atom stereocenters. The van der Waals surface area contributed by atoms with Crippen molar-refractivity contribution in [1.82, 2.24) is 17.9 Å². The quantitative estimate of drug-likeness (QED) is 0.132. The van der Waals surface area contributed by atoms with Crippen LogP contribution in [0.1, 0.15) is 58.4 Å². The Morgan fingerprint density at radius 1 is 0.406 bits per heavy atom. The van der Waals surface area contributed by atoms with E-state index in [0.717, 1.165) is 22.7 Å². The number of quaternary nitrogens is 4. The minimum absolute atomic E-state index is 0. The van der Waals surface area contributed by atoms with E-state index >= 15 is 0 Å². The molecule has 69 heavy (non-hydrogen) atoms. The molecule has 0 spiro atoms. The Kier molecular flexibility index (Phi) is 27.5. The molecule has 1 aliphatic carbocycles. The minimum atomic E-state index is -1.75. The van der Waals surface area contributed by atoms with Gasteiger partial charge in [-0.2, -0.15) is 10.5 Å². The number of nitriles is 2. The maximum Gasteiger partial charge on any atom is 0.133 e. The number of benzene rings is 4. The third-order valence-electron chi connectivity index (χ3n) is 9.61. The second kappa shape index (κ2) is 27.9. The number of fused-ring (bicyclic) bond motifs is 8. The number of rotatable bonds is 4. The lowest BCUT2D eigenvalue weighted by molar-refractivity contribution is -0.403. The summed E-state index contributed by atoms with van der Waals surface area (Å²) in [6.45, 7) is 2.86. The standard InChI is InChI=1S/C40H52N4O4.2C2H3N.3NO3.3H2O/c1-41(2,3)33-17-25-13-27-19-34(42(4,5)6)21-29(38(27)46)15-31-23-36(44(10,11)12)24-32(40(31)48)16-30-22-35(43(7,8)9)20-28(39(30)47)14-26(18-33)37(25)45;2*1-2-3;3*2-1(3)4;;;/h17-24H,13-16H2,1-12H3;2*1H3;;;;3*1H2/q;;;3*-1;;;/p+3. The third kappa shape index (κ3) is 22.2. The minimum Gasteiger partial charge on any atom is -0.872 e. The predicted molar refractivity (Wildman–Crippen MR) is 264 cm³/mol. The largest absolute Gasteiger partial charge is 0.872 e. The normalized spacial score (nSPS) is 11.2. The van der Waals surface area contributed by atoms with Crippen molar-refractivity contribution in [2.24, 2.45) is 0 Å². The zero-order valence-electron chi connectivity index (χ0n) is 41.4. The number of phenols is 3. The van der Waals surface area contributed by atoms with Gasteiger partial charge in [0.1, 0.15) is 40.0 Å². The molecule has 0 radical (unpaired) electrons. The summed E-state index contributed by atoms with van der Waals surface area (Å²) >= 11 is 0. The average molecular weight is 978 g/mol. The van der Waals surface area contributed by atoms with Crippen LogP contribution in [0.5, 0.6) is 23.0 Å². The second-order valence-corrected chi connectivity index (χ2v) is 18.3. The van der Waals surface area contributed by atoms with E-state index in [9.17, 15) is 20.4 Å². The Labute approximate surface area is 400 Å². The van der Waals surface area contributed by atoms with Crippen LogP contribution in [0.3, 0.4) is 0 Å².